The zero-order valence-corrected chi connectivity index (χ0v) is 16.4. The van der Waals surface area contributed by atoms with E-state index in [0.29, 0.717) is 18.8 Å². The van der Waals surface area contributed by atoms with Crippen molar-refractivity contribution in [2.75, 3.05) is 32.8 Å². The molecule has 0 spiro atoms. The molecule has 1 aliphatic heterocycles. The van der Waals surface area contributed by atoms with Crippen LogP contribution in [-0.2, 0) is 13.1 Å². The summed E-state index contributed by atoms with van der Waals surface area (Å²) in [7, 11) is 0. The summed E-state index contributed by atoms with van der Waals surface area (Å²) < 4.78 is 18.6. The first-order valence-electron chi connectivity index (χ1n) is 9.85. The Morgan fingerprint density at radius 2 is 1.82 bits per heavy atom. The van der Waals surface area contributed by atoms with Crippen molar-refractivity contribution in [1.82, 2.24) is 9.80 Å². The van der Waals surface area contributed by atoms with E-state index in [1.807, 2.05) is 31.2 Å². The van der Waals surface area contributed by atoms with Gasteiger partial charge in [-0.15, -0.1) is 0 Å². The molecule has 0 saturated carbocycles. The van der Waals surface area contributed by atoms with Gasteiger partial charge in [0.25, 0.3) is 0 Å². The lowest BCUT2D eigenvalue weighted by molar-refractivity contribution is 0.0499. The molecule has 0 amide bonds. The van der Waals surface area contributed by atoms with Gasteiger partial charge in [0.05, 0.1) is 6.61 Å². The number of phenolic OH excluding ortho intramolecular Hbond substituents is 1. The van der Waals surface area contributed by atoms with Crippen LogP contribution in [0.3, 0.4) is 0 Å². The van der Waals surface area contributed by atoms with Gasteiger partial charge in [-0.05, 0) is 48.7 Å². The molecule has 1 saturated heterocycles. The number of aliphatic hydroxyl groups excluding tert-OH is 1. The second kappa shape index (κ2) is 9.87. The fourth-order valence-electron chi connectivity index (χ4n) is 3.74. The van der Waals surface area contributed by atoms with Crippen molar-refractivity contribution in [2.24, 2.45) is 0 Å². The van der Waals surface area contributed by atoms with E-state index < -0.39 is 0 Å². The molecule has 1 aliphatic rings. The summed E-state index contributed by atoms with van der Waals surface area (Å²) in [6.07, 6.45) is 0.706. The Hall–Kier alpha value is -2.15. The summed E-state index contributed by atoms with van der Waals surface area (Å²) in [5.41, 5.74) is 2.17. The van der Waals surface area contributed by atoms with Crippen molar-refractivity contribution < 1.29 is 19.3 Å². The van der Waals surface area contributed by atoms with Crippen molar-refractivity contribution in [3.05, 3.63) is 59.4 Å². The van der Waals surface area contributed by atoms with E-state index in [9.17, 15) is 14.6 Å². The first-order chi connectivity index (χ1) is 13.6. The van der Waals surface area contributed by atoms with E-state index in [1.165, 1.54) is 12.1 Å². The average molecular weight is 388 g/mol. The molecule has 0 aromatic heterocycles. The first kappa shape index (κ1) is 20.6. The number of hydrogen-bond donors (Lipinski definition) is 2. The maximum absolute atomic E-state index is 13.1. The second-order valence-electron chi connectivity index (χ2n) is 7.23. The lowest BCUT2D eigenvalue weighted by Crippen LogP contribution is -2.52. The Kier molecular flexibility index (Phi) is 7.25. The summed E-state index contributed by atoms with van der Waals surface area (Å²) in [5.74, 6) is 0.454. The van der Waals surface area contributed by atoms with Crippen LogP contribution in [0, 0.1) is 5.82 Å². The van der Waals surface area contributed by atoms with Crippen molar-refractivity contribution in [1.29, 1.82) is 0 Å². The number of benzene rings is 2. The lowest BCUT2D eigenvalue weighted by atomic mass is 10.1. The summed E-state index contributed by atoms with van der Waals surface area (Å²) >= 11 is 0. The molecule has 2 aromatic carbocycles. The molecule has 0 radical (unpaired) electrons. The van der Waals surface area contributed by atoms with Crippen LogP contribution in [0.4, 0.5) is 4.39 Å². The van der Waals surface area contributed by atoms with Gasteiger partial charge in [0.2, 0.25) is 0 Å². The molecule has 0 aliphatic carbocycles. The van der Waals surface area contributed by atoms with Gasteiger partial charge in [-0.25, -0.2) is 4.39 Å². The van der Waals surface area contributed by atoms with E-state index in [-0.39, 0.29) is 24.2 Å². The lowest BCUT2D eigenvalue weighted by Gasteiger charge is -2.41. The van der Waals surface area contributed by atoms with Crippen molar-refractivity contribution in [3.63, 3.8) is 0 Å². The Balaban J connectivity index is 1.63. The van der Waals surface area contributed by atoms with Gasteiger partial charge in [0, 0.05) is 45.4 Å². The van der Waals surface area contributed by atoms with Crippen LogP contribution in [-0.4, -0.2) is 58.9 Å². The van der Waals surface area contributed by atoms with Gasteiger partial charge in [0.15, 0.2) is 11.5 Å². The normalized spacial score (nSPS) is 18.3. The Morgan fingerprint density at radius 1 is 1.07 bits per heavy atom. The molecule has 5 nitrogen and oxygen atoms in total. The molecule has 152 valence electrons. The quantitative estimate of drug-likeness (QED) is 0.728. The monoisotopic (exact) mass is 388 g/mol. The van der Waals surface area contributed by atoms with E-state index >= 15 is 0 Å². The molecule has 2 N–H and O–H groups in total. The molecule has 0 unspecified atom stereocenters. The highest BCUT2D eigenvalue weighted by atomic mass is 19.1. The van der Waals surface area contributed by atoms with Crippen molar-refractivity contribution >= 4 is 0 Å². The van der Waals surface area contributed by atoms with E-state index in [1.54, 1.807) is 6.07 Å². The third kappa shape index (κ3) is 5.44. The van der Waals surface area contributed by atoms with Crippen LogP contribution in [0.2, 0.25) is 0 Å². The van der Waals surface area contributed by atoms with Crippen LogP contribution in [0.1, 0.15) is 24.5 Å². The minimum Gasteiger partial charge on any atom is -0.504 e. The molecule has 1 heterocycles. The highest BCUT2D eigenvalue weighted by Crippen LogP contribution is 2.28. The average Bonchev–Trinajstić information content (AvgIpc) is 2.68. The van der Waals surface area contributed by atoms with Gasteiger partial charge < -0.3 is 14.9 Å². The summed E-state index contributed by atoms with van der Waals surface area (Å²) in [4.78, 5) is 4.73. The van der Waals surface area contributed by atoms with Gasteiger partial charge in [-0.3, -0.25) is 9.80 Å². The standard InChI is InChI=1S/C22H29FN2O3/c1-2-28-22-13-18(5-8-21(22)27)14-24-10-11-25(20(16-24)9-12-26)15-17-3-6-19(23)7-4-17/h3-8,13,20,26-27H,2,9-12,14-16H2,1H3/t20-/m0/s1. The SMILES string of the molecule is CCOc1cc(CN2CCN(Cc3ccc(F)cc3)[C@@H](CCO)C2)ccc1O. The van der Waals surface area contributed by atoms with E-state index in [0.717, 1.165) is 43.9 Å². The molecule has 6 heteroatoms. The maximum atomic E-state index is 13.1. The van der Waals surface area contributed by atoms with Crippen molar-refractivity contribution in [2.45, 2.75) is 32.5 Å². The van der Waals surface area contributed by atoms with E-state index in [4.69, 9.17) is 4.74 Å². The minimum atomic E-state index is -0.221. The molecule has 2 aromatic rings. The number of phenols is 1. The van der Waals surface area contributed by atoms with Crippen LogP contribution in [0.15, 0.2) is 42.5 Å². The number of halogens is 1. The number of rotatable bonds is 8. The fraction of sp³-hybridized carbons (Fsp3) is 0.455. The zero-order valence-electron chi connectivity index (χ0n) is 16.4. The highest BCUT2D eigenvalue weighted by molar-refractivity contribution is 5.41. The number of piperazine rings is 1. The largest absolute Gasteiger partial charge is 0.504 e. The van der Waals surface area contributed by atoms with Gasteiger partial charge in [-0.1, -0.05) is 18.2 Å². The molecule has 28 heavy (non-hydrogen) atoms. The predicted molar refractivity (Wildman–Crippen MR) is 107 cm³/mol. The topological polar surface area (TPSA) is 56.2 Å². The zero-order chi connectivity index (χ0) is 19.9. The molecule has 3 rings (SSSR count). The van der Waals surface area contributed by atoms with E-state index in [2.05, 4.69) is 9.80 Å². The molecular formula is C22H29FN2O3. The van der Waals surface area contributed by atoms with Gasteiger partial charge >= 0.3 is 0 Å². The third-order valence-corrected chi connectivity index (χ3v) is 5.18. The van der Waals surface area contributed by atoms with Crippen molar-refractivity contribution in [3.8, 4) is 11.5 Å². The predicted octanol–water partition coefficient (Wildman–Crippen LogP) is 3.00. The summed E-state index contributed by atoms with van der Waals surface area (Å²) in [6, 6.07) is 12.4. The van der Waals surface area contributed by atoms with Gasteiger partial charge in [0.1, 0.15) is 5.82 Å². The van der Waals surface area contributed by atoms with Crippen LogP contribution in [0.25, 0.3) is 0 Å². The number of aliphatic hydroxyl groups is 1. The molecule has 1 fully saturated rings. The summed E-state index contributed by atoms with van der Waals surface area (Å²) in [6.45, 7) is 6.73. The highest BCUT2D eigenvalue weighted by Gasteiger charge is 2.26. The number of nitrogens with zero attached hydrogens (tertiary/aromatic N) is 2. The second-order valence-corrected chi connectivity index (χ2v) is 7.23. The number of ether oxygens (including phenoxy) is 1. The number of aromatic hydroxyl groups is 1. The molecule has 1 atom stereocenters. The van der Waals surface area contributed by atoms with Crippen LogP contribution < -0.4 is 4.74 Å². The van der Waals surface area contributed by atoms with Gasteiger partial charge in [-0.2, -0.15) is 0 Å². The fourth-order valence-corrected chi connectivity index (χ4v) is 3.74. The maximum Gasteiger partial charge on any atom is 0.161 e. The van der Waals surface area contributed by atoms with Crippen LogP contribution >= 0.6 is 0 Å². The molecular weight excluding hydrogens is 359 g/mol. The first-order valence-corrected chi connectivity index (χ1v) is 9.85. The van der Waals surface area contributed by atoms with Crippen LogP contribution in [0.5, 0.6) is 11.5 Å². The Bertz CT molecular complexity index is 754. The Morgan fingerprint density at radius 3 is 2.54 bits per heavy atom. The smallest absolute Gasteiger partial charge is 0.161 e. The number of hydrogen-bond acceptors (Lipinski definition) is 5. The molecule has 0 bridgehead atoms. The third-order valence-electron chi connectivity index (χ3n) is 5.18. The Labute approximate surface area is 166 Å². The minimum absolute atomic E-state index is 0.145. The summed E-state index contributed by atoms with van der Waals surface area (Å²) in [5, 5.41) is 19.4.